The summed E-state index contributed by atoms with van der Waals surface area (Å²) in [6.45, 7) is 2.54. The molecule has 0 fully saturated rings. The smallest absolute Gasteiger partial charge is 0.257 e. The van der Waals surface area contributed by atoms with E-state index in [1.54, 1.807) is 18.2 Å². The minimum Gasteiger partial charge on any atom is -0.322 e. The van der Waals surface area contributed by atoms with Crippen LogP contribution in [0.2, 0.25) is 10.0 Å². The van der Waals surface area contributed by atoms with Crippen LogP contribution in [-0.2, 0) is 23.0 Å². The van der Waals surface area contributed by atoms with Gasteiger partial charge in [-0.15, -0.1) is 0 Å². The Bertz CT molecular complexity index is 1280. The number of hydrogen-bond acceptors (Lipinski definition) is 3. The second-order valence-corrected chi connectivity index (χ2v) is 10.2. The van der Waals surface area contributed by atoms with Crippen LogP contribution < -0.4 is 5.32 Å². The summed E-state index contributed by atoms with van der Waals surface area (Å²) < 4.78 is 27.9. The molecule has 0 saturated carbocycles. The number of hydrogen-bond donors (Lipinski definition) is 1. The lowest BCUT2D eigenvalue weighted by Gasteiger charge is -2.28. The van der Waals surface area contributed by atoms with Crippen LogP contribution >= 0.6 is 23.2 Å². The molecular formula is C23H20Cl2N2O3S. The van der Waals surface area contributed by atoms with Gasteiger partial charge < -0.3 is 5.32 Å². The maximum absolute atomic E-state index is 13.3. The zero-order valence-electron chi connectivity index (χ0n) is 16.7. The van der Waals surface area contributed by atoms with E-state index in [4.69, 9.17) is 23.2 Å². The first-order chi connectivity index (χ1) is 14.8. The molecule has 0 unspecified atom stereocenters. The summed E-state index contributed by atoms with van der Waals surface area (Å²) in [4.78, 5) is 12.8. The molecule has 0 spiro atoms. The summed E-state index contributed by atoms with van der Waals surface area (Å²) in [6, 6.07) is 17.1. The van der Waals surface area contributed by atoms with E-state index in [1.807, 2.05) is 31.2 Å². The van der Waals surface area contributed by atoms with Gasteiger partial charge in [0.2, 0.25) is 10.0 Å². The van der Waals surface area contributed by atoms with Crippen molar-refractivity contribution in [3.05, 3.63) is 93.0 Å². The molecule has 1 aliphatic rings. The number of aryl methyl sites for hydroxylation is 1. The summed E-state index contributed by atoms with van der Waals surface area (Å²) in [7, 11) is -3.79. The molecule has 1 heterocycles. The summed E-state index contributed by atoms with van der Waals surface area (Å²) in [6.07, 6.45) is 0.643. The predicted octanol–water partition coefficient (Wildman–Crippen LogP) is 5.30. The van der Waals surface area contributed by atoms with Crippen molar-refractivity contribution in [2.45, 2.75) is 24.8 Å². The van der Waals surface area contributed by atoms with Gasteiger partial charge in [-0.3, -0.25) is 4.79 Å². The van der Waals surface area contributed by atoms with E-state index in [-0.39, 0.29) is 15.5 Å². The van der Waals surface area contributed by atoms with E-state index in [0.29, 0.717) is 30.2 Å². The molecule has 1 aliphatic heterocycles. The number of benzene rings is 3. The lowest BCUT2D eigenvalue weighted by atomic mass is 10.0. The van der Waals surface area contributed by atoms with E-state index in [2.05, 4.69) is 5.32 Å². The van der Waals surface area contributed by atoms with Gasteiger partial charge in [0.25, 0.3) is 5.91 Å². The van der Waals surface area contributed by atoms with Crippen molar-refractivity contribution in [3.63, 3.8) is 0 Å². The first kappa shape index (κ1) is 21.8. The Balaban J connectivity index is 1.61. The summed E-state index contributed by atoms with van der Waals surface area (Å²) in [5, 5.41) is 3.41. The minimum absolute atomic E-state index is 0.0309. The van der Waals surface area contributed by atoms with Crippen LogP contribution in [-0.4, -0.2) is 25.2 Å². The first-order valence-corrected chi connectivity index (χ1v) is 11.9. The third-order valence-electron chi connectivity index (χ3n) is 5.35. The molecule has 160 valence electrons. The van der Waals surface area contributed by atoms with Crippen molar-refractivity contribution >= 4 is 44.8 Å². The molecule has 1 amide bonds. The molecule has 3 aromatic rings. The number of amides is 1. The van der Waals surface area contributed by atoms with Crippen LogP contribution in [0.15, 0.2) is 65.6 Å². The average Bonchev–Trinajstić information content (AvgIpc) is 2.76. The van der Waals surface area contributed by atoms with E-state index >= 15 is 0 Å². The fraction of sp³-hybridized carbons (Fsp3) is 0.174. The van der Waals surface area contributed by atoms with Crippen LogP contribution in [0.25, 0.3) is 0 Å². The van der Waals surface area contributed by atoms with Gasteiger partial charge in [-0.25, -0.2) is 8.42 Å². The number of nitrogens with zero attached hydrogens (tertiary/aromatic N) is 1. The van der Waals surface area contributed by atoms with Gasteiger partial charge in [0, 0.05) is 23.8 Å². The van der Waals surface area contributed by atoms with Crippen LogP contribution in [0.1, 0.15) is 27.0 Å². The fourth-order valence-electron chi connectivity index (χ4n) is 3.53. The lowest BCUT2D eigenvalue weighted by Crippen LogP contribution is -2.36. The Kier molecular flexibility index (Phi) is 6.08. The van der Waals surface area contributed by atoms with Crippen molar-refractivity contribution in [1.29, 1.82) is 0 Å². The van der Waals surface area contributed by atoms with Gasteiger partial charge in [0.1, 0.15) is 0 Å². The average molecular weight is 475 g/mol. The topological polar surface area (TPSA) is 66.5 Å². The highest BCUT2D eigenvalue weighted by Crippen LogP contribution is 2.28. The monoisotopic (exact) mass is 474 g/mol. The van der Waals surface area contributed by atoms with Crippen molar-refractivity contribution < 1.29 is 13.2 Å². The van der Waals surface area contributed by atoms with E-state index in [1.165, 1.54) is 22.5 Å². The Labute approximate surface area is 191 Å². The molecule has 1 N–H and O–H groups in total. The SMILES string of the molecule is Cc1ccc(NC(=O)c2cc(S(=O)(=O)N3CCc4ccccc4C3)ccc2Cl)cc1Cl. The summed E-state index contributed by atoms with van der Waals surface area (Å²) >= 11 is 12.3. The van der Waals surface area contributed by atoms with Gasteiger partial charge in [0.05, 0.1) is 15.5 Å². The molecule has 0 atom stereocenters. The number of nitrogens with one attached hydrogen (secondary N) is 1. The number of fused-ring (bicyclic) bond motifs is 1. The number of sulfonamides is 1. The molecule has 0 aromatic heterocycles. The molecule has 3 aromatic carbocycles. The number of halogens is 2. The number of carbonyl (C=O) groups is 1. The lowest BCUT2D eigenvalue weighted by molar-refractivity contribution is 0.102. The highest BCUT2D eigenvalue weighted by atomic mass is 35.5. The van der Waals surface area contributed by atoms with Crippen LogP contribution in [0.3, 0.4) is 0 Å². The molecule has 0 radical (unpaired) electrons. The van der Waals surface area contributed by atoms with E-state index < -0.39 is 15.9 Å². The zero-order chi connectivity index (χ0) is 22.2. The van der Waals surface area contributed by atoms with Gasteiger partial charge in [0.15, 0.2) is 0 Å². The quantitative estimate of drug-likeness (QED) is 0.557. The minimum atomic E-state index is -3.79. The van der Waals surface area contributed by atoms with Crippen molar-refractivity contribution in [2.75, 3.05) is 11.9 Å². The van der Waals surface area contributed by atoms with Crippen LogP contribution in [0.5, 0.6) is 0 Å². The highest BCUT2D eigenvalue weighted by Gasteiger charge is 2.29. The Morgan fingerprint density at radius 1 is 0.968 bits per heavy atom. The van der Waals surface area contributed by atoms with E-state index in [0.717, 1.165) is 16.7 Å². The first-order valence-electron chi connectivity index (χ1n) is 9.70. The second-order valence-electron chi connectivity index (χ2n) is 7.42. The Morgan fingerprint density at radius 2 is 1.71 bits per heavy atom. The standard InChI is InChI=1S/C23H20Cl2N2O3S/c1-15-6-7-18(12-22(15)25)26-23(28)20-13-19(8-9-21(20)24)31(29,30)27-11-10-16-4-2-3-5-17(16)14-27/h2-9,12-13H,10-11,14H2,1H3,(H,26,28). The Morgan fingerprint density at radius 3 is 2.45 bits per heavy atom. The van der Waals surface area contributed by atoms with Crippen molar-refractivity contribution in [3.8, 4) is 0 Å². The largest absolute Gasteiger partial charge is 0.322 e. The van der Waals surface area contributed by atoms with E-state index in [9.17, 15) is 13.2 Å². The highest BCUT2D eigenvalue weighted by molar-refractivity contribution is 7.89. The molecule has 0 bridgehead atoms. The summed E-state index contributed by atoms with van der Waals surface area (Å²) in [5.74, 6) is -0.508. The molecule has 4 rings (SSSR count). The Hall–Kier alpha value is -2.38. The maximum Gasteiger partial charge on any atom is 0.257 e. The normalized spacial score (nSPS) is 14.2. The summed E-state index contributed by atoms with van der Waals surface area (Å²) in [5.41, 5.74) is 3.60. The van der Waals surface area contributed by atoms with Crippen molar-refractivity contribution in [1.82, 2.24) is 4.31 Å². The molecule has 31 heavy (non-hydrogen) atoms. The van der Waals surface area contributed by atoms with Gasteiger partial charge >= 0.3 is 0 Å². The maximum atomic E-state index is 13.3. The molecular weight excluding hydrogens is 455 g/mol. The van der Waals surface area contributed by atoms with Crippen LogP contribution in [0, 0.1) is 6.92 Å². The van der Waals surface area contributed by atoms with Crippen LogP contribution in [0.4, 0.5) is 5.69 Å². The number of carbonyl (C=O) groups excluding carboxylic acids is 1. The fourth-order valence-corrected chi connectivity index (χ4v) is 5.36. The molecule has 8 heteroatoms. The molecule has 0 saturated heterocycles. The number of anilines is 1. The second kappa shape index (κ2) is 8.63. The third kappa shape index (κ3) is 4.48. The van der Waals surface area contributed by atoms with Gasteiger partial charge in [-0.05, 0) is 60.4 Å². The molecule has 5 nitrogen and oxygen atoms in total. The zero-order valence-corrected chi connectivity index (χ0v) is 19.1. The van der Waals surface area contributed by atoms with Gasteiger partial charge in [-0.2, -0.15) is 4.31 Å². The third-order valence-corrected chi connectivity index (χ3v) is 7.92. The van der Waals surface area contributed by atoms with Gasteiger partial charge in [-0.1, -0.05) is 53.5 Å². The van der Waals surface area contributed by atoms with Crippen molar-refractivity contribution in [2.24, 2.45) is 0 Å². The number of rotatable bonds is 4. The molecule has 0 aliphatic carbocycles. The predicted molar refractivity (Wildman–Crippen MR) is 123 cm³/mol.